The molecule has 11 heteroatoms. The number of piperidine rings is 1. The molecular weight excluding hydrogens is 546 g/mol. The maximum absolute atomic E-state index is 14.4. The number of hydrogen-bond acceptors (Lipinski definition) is 5. The van der Waals surface area contributed by atoms with Gasteiger partial charge in [-0.1, -0.05) is 49.4 Å². The van der Waals surface area contributed by atoms with Crippen LogP contribution in [-0.2, 0) is 27.4 Å². The summed E-state index contributed by atoms with van der Waals surface area (Å²) in [5.41, 5.74) is 0.924. The van der Waals surface area contributed by atoms with Crippen molar-refractivity contribution in [2.75, 3.05) is 29.0 Å². The molecule has 40 heavy (non-hydrogen) atoms. The molecule has 1 aromatic heterocycles. The van der Waals surface area contributed by atoms with Crippen LogP contribution < -0.4 is 9.62 Å². The second-order valence-corrected chi connectivity index (χ2v) is 11.9. The molecule has 0 amide bonds. The number of hydrogen-bond donors (Lipinski definition) is 1. The number of aromatic nitrogens is 1. The highest BCUT2D eigenvalue weighted by Gasteiger charge is 2.34. The van der Waals surface area contributed by atoms with E-state index in [1.54, 1.807) is 6.92 Å². The normalized spacial score (nSPS) is 15.6. The first-order valence-corrected chi connectivity index (χ1v) is 14.9. The summed E-state index contributed by atoms with van der Waals surface area (Å²) >= 11 is 0. The number of nitrogens with zero attached hydrogens (tertiary/aromatic N) is 2. The first-order valence-electron chi connectivity index (χ1n) is 13.0. The van der Waals surface area contributed by atoms with E-state index >= 15 is 0 Å². The third-order valence-corrected chi connectivity index (χ3v) is 7.81. The molecule has 1 saturated heterocycles. The summed E-state index contributed by atoms with van der Waals surface area (Å²) in [6, 6.07) is 16.2. The van der Waals surface area contributed by atoms with Crippen molar-refractivity contribution in [3.63, 3.8) is 0 Å². The van der Waals surface area contributed by atoms with Crippen LogP contribution in [0.1, 0.15) is 60.4 Å². The maximum Gasteiger partial charge on any atom is 0.433 e. The Hall–Kier alpha value is -3.47. The average Bonchev–Trinajstić information content (AvgIpc) is 2.91. The van der Waals surface area contributed by atoms with Crippen LogP contribution in [0.15, 0.2) is 60.7 Å². The van der Waals surface area contributed by atoms with Crippen LogP contribution in [0.2, 0.25) is 0 Å². The molecule has 0 saturated carbocycles. The Bertz CT molecular complexity index is 1460. The zero-order valence-electron chi connectivity index (χ0n) is 22.2. The second-order valence-electron chi connectivity index (χ2n) is 10.2. The van der Waals surface area contributed by atoms with Gasteiger partial charge in [-0.25, -0.2) is 17.8 Å². The van der Waals surface area contributed by atoms with E-state index in [1.165, 1.54) is 23.8 Å². The van der Waals surface area contributed by atoms with Crippen molar-refractivity contribution in [2.45, 2.75) is 50.6 Å². The number of carbonyl (C=O) groups is 1. The lowest BCUT2D eigenvalue weighted by molar-refractivity contribution is -0.141. The fourth-order valence-corrected chi connectivity index (χ4v) is 5.56. The Labute approximate surface area is 231 Å². The van der Waals surface area contributed by atoms with Crippen molar-refractivity contribution in [3.05, 3.63) is 88.9 Å². The molecule has 1 unspecified atom stereocenters. The lowest BCUT2D eigenvalue weighted by Crippen LogP contribution is -2.34. The summed E-state index contributed by atoms with van der Waals surface area (Å²) in [7, 11) is -3.67. The van der Waals surface area contributed by atoms with Crippen molar-refractivity contribution >= 4 is 27.3 Å². The van der Waals surface area contributed by atoms with Crippen LogP contribution in [0.25, 0.3) is 0 Å². The van der Waals surface area contributed by atoms with Gasteiger partial charge >= 0.3 is 6.18 Å². The molecule has 2 aromatic carbocycles. The van der Waals surface area contributed by atoms with E-state index < -0.39 is 33.6 Å². The van der Waals surface area contributed by atoms with E-state index in [2.05, 4.69) is 21.8 Å². The number of anilines is 2. The number of pyridine rings is 1. The highest BCUT2D eigenvalue weighted by molar-refractivity contribution is 7.92. The van der Waals surface area contributed by atoms with Gasteiger partial charge in [0.15, 0.2) is 0 Å². The number of rotatable bonds is 9. The minimum absolute atomic E-state index is 0.0205. The van der Waals surface area contributed by atoms with Gasteiger partial charge in [-0.2, -0.15) is 13.2 Å². The molecule has 0 spiro atoms. The fraction of sp³-hybridized carbons (Fsp3) is 0.379. The third kappa shape index (κ3) is 7.38. The van der Waals surface area contributed by atoms with Crippen LogP contribution in [0.4, 0.5) is 29.1 Å². The molecule has 1 N–H and O–H groups in total. The molecule has 3 aromatic rings. The quantitative estimate of drug-likeness (QED) is 0.302. The van der Waals surface area contributed by atoms with E-state index in [0.29, 0.717) is 30.1 Å². The van der Waals surface area contributed by atoms with Crippen molar-refractivity contribution in [3.8, 4) is 0 Å². The van der Waals surface area contributed by atoms with Crippen LogP contribution in [0.5, 0.6) is 0 Å². The molecule has 1 aliphatic heterocycles. The lowest BCUT2D eigenvalue weighted by atomic mass is 9.89. The van der Waals surface area contributed by atoms with Gasteiger partial charge in [0, 0.05) is 25.4 Å². The Morgan fingerprint density at radius 3 is 2.35 bits per heavy atom. The Balaban J connectivity index is 1.48. The summed E-state index contributed by atoms with van der Waals surface area (Å²) in [6.07, 6.45) is -1.95. The summed E-state index contributed by atoms with van der Waals surface area (Å²) < 4.78 is 79.8. The number of halogens is 4. The number of alkyl halides is 3. The summed E-state index contributed by atoms with van der Waals surface area (Å²) in [5.74, 6) is -1.18. The highest BCUT2D eigenvalue weighted by atomic mass is 32.2. The van der Waals surface area contributed by atoms with Crippen molar-refractivity contribution in [1.29, 1.82) is 0 Å². The predicted molar refractivity (Wildman–Crippen MR) is 146 cm³/mol. The predicted octanol–water partition coefficient (Wildman–Crippen LogP) is 6.30. The molecule has 6 nitrogen and oxygen atoms in total. The van der Waals surface area contributed by atoms with E-state index in [1.807, 2.05) is 23.1 Å². The third-order valence-electron chi connectivity index (χ3n) is 7.22. The standard InChI is InChI=1S/C29H31F4N3O3S/c1-19(23-8-11-25(24(30)18-23)35-40(2,38)39)26(37)12-9-22-10-13-27(29(31,32)33)34-28(22)36-16-14-21(15-17-36)20-6-4-3-5-7-20/h3-8,10-11,13,18-19,21,35H,9,12,14-17H2,1-2H3. The van der Waals surface area contributed by atoms with Crippen LogP contribution in [0, 0.1) is 5.82 Å². The largest absolute Gasteiger partial charge is 0.433 e. The van der Waals surface area contributed by atoms with Crippen LogP contribution >= 0.6 is 0 Å². The summed E-state index contributed by atoms with van der Waals surface area (Å²) in [5, 5.41) is 0. The smallest absolute Gasteiger partial charge is 0.356 e. The van der Waals surface area contributed by atoms with Crippen molar-refractivity contribution in [2.24, 2.45) is 0 Å². The molecule has 1 fully saturated rings. The average molecular weight is 578 g/mol. The van der Waals surface area contributed by atoms with Gasteiger partial charge in [0.25, 0.3) is 0 Å². The molecule has 0 aliphatic carbocycles. The zero-order chi connectivity index (χ0) is 29.1. The highest BCUT2D eigenvalue weighted by Crippen LogP contribution is 2.35. The number of nitrogens with one attached hydrogen (secondary N) is 1. The number of benzene rings is 2. The fourth-order valence-electron chi connectivity index (χ4n) is 5.00. The van der Waals surface area contributed by atoms with Crippen LogP contribution in [0.3, 0.4) is 0 Å². The number of sulfonamides is 1. The number of ketones is 1. The zero-order valence-corrected chi connectivity index (χ0v) is 23.0. The van der Waals surface area contributed by atoms with E-state index in [9.17, 15) is 30.8 Å². The molecule has 2 heterocycles. The topological polar surface area (TPSA) is 79.4 Å². The lowest BCUT2D eigenvalue weighted by Gasteiger charge is -2.34. The van der Waals surface area contributed by atoms with Crippen molar-refractivity contribution in [1.82, 2.24) is 4.98 Å². The van der Waals surface area contributed by atoms with E-state index in [-0.39, 0.29) is 30.1 Å². The van der Waals surface area contributed by atoms with Gasteiger partial charge in [-0.3, -0.25) is 9.52 Å². The Kier molecular flexibility index (Phi) is 8.82. The Morgan fingerprint density at radius 2 is 1.75 bits per heavy atom. The minimum atomic E-state index is -4.60. The van der Waals surface area contributed by atoms with Gasteiger partial charge in [0.1, 0.15) is 23.1 Å². The minimum Gasteiger partial charge on any atom is -0.356 e. The van der Waals surface area contributed by atoms with Gasteiger partial charge in [-0.05, 0) is 60.1 Å². The second kappa shape index (κ2) is 12.0. The SMILES string of the molecule is CC(C(=O)CCc1ccc(C(F)(F)F)nc1N1CCC(c2ccccc2)CC1)c1ccc(NS(C)(=O)=O)c(F)c1. The molecule has 4 rings (SSSR count). The summed E-state index contributed by atoms with van der Waals surface area (Å²) in [6.45, 7) is 2.69. The molecule has 0 bridgehead atoms. The summed E-state index contributed by atoms with van der Waals surface area (Å²) in [4.78, 5) is 18.9. The molecule has 0 radical (unpaired) electrons. The van der Waals surface area contributed by atoms with E-state index in [0.717, 1.165) is 31.2 Å². The van der Waals surface area contributed by atoms with E-state index in [4.69, 9.17) is 0 Å². The molecule has 214 valence electrons. The number of carbonyl (C=O) groups excluding carboxylic acids is 1. The maximum atomic E-state index is 14.4. The van der Waals surface area contributed by atoms with Gasteiger partial charge in [0.2, 0.25) is 10.0 Å². The molecular formula is C29H31F4N3O3S. The monoisotopic (exact) mass is 577 g/mol. The van der Waals surface area contributed by atoms with Gasteiger partial charge < -0.3 is 4.90 Å². The van der Waals surface area contributed by atoms with Gasteiger partial charge in [-0.15, -0.1) is 0 Å². The number of Topliss-reactive ketones (excluding diaryl/α,β-unsaturated/α-hetero) is 1. The van der Waals surface area contributed by atoms with Crippen molar-refractivity contribution < 1.29 is 30.8 Å². The first-order chi connectivity index (χ1) is 18.8. The molecule has 1 atom stereocenters. The number of aryl methyl sites for hydroxylation is 1. The Morgan fingerprint density at radius 1 is 1.07 bits per heavy atom. The first kappa shape index (κ1) is 29.5. The van der Waals surface area contributed by atoms with Gasteiger partial charge in [0.05, 0.1) is 11.9 Å². The molecule has 1 aliphatic rings. The van der Waals surface area contributed by atoms with Crippen LogP contribution in [-0.4, -0.2) is 38.5 Å².